The van der Waals surface area contributed by atoms with Gasteiger partial charge in [0, 0.05) is 0 Å². The number of rotatable bonds is 0. The molecule has 0 saturated carbocycles. The zero-order valence-corrected chi connectivity index (χ0v) is 8.56. The Kier molecular flexibility index (Phi) is 2.42. The van der Waals surface area contributed by atoms with Gasteiger partial charge in [0.25, 0.3) is 0 Å². The molecule has 0 aromatic carbocycles. The van der Waals surface area contributed by atoms with Crippen LogP contribution < -0.4 is 0 Å². The molecule has 0 amide bonds. The van der Waals surface area contributed by atoms with Crippen LogP contribution in [0.25, 0.3) is 0 Å². The van der Waals surface area contributed by atoms with E-state index < -0.39 is 8.83 Å². The van der Waals surface area contributed by atoms with Crippen LogP contribution in [0.3, 0.4) is 0 Å². The van der Waals surface area contributed by atoms with Crippen LogP contribution in [0.1, 0.15) is 0 Å². The molecule has 0 bridgehead atoms. The fourth-order valence-electron chi connectivity index (χ4n) is 0. The topological polar surface area (TPSA) is 0 Å². The summed E-state index contributed by atoms with van der Waals surface area (Å²) in [5, 5.41) is 0. The summed E-state index contributed by atoms with van der Waals surface area (Å²) in [6.45, 7) is 0. The van der Waals surface area contributed by atoms with Crippen LogP contribution >= 0.6 is 48.2 Å². The van der Waals surface area contributed by atoms with E-state index >= 15 is 0 Å². The molecular weight excluding hydrogens is 367 g/mol. The second-order valence-electron chi connectivity index (χ2n) is 0.505. The van der Waals surface area contributed by atoms with Gasteiger partial charge in [-0.25, -0.2) is 0 Å². The fourth-order valence-corrected chi connectivity index (χ4v) is 0. The van der Waals surface area contributed by atoms with Crippen molar-refractivity contribution in [2.24, 2.45) is 0 Å². The molecule has 0 aromatic rings. The van der Waals surface area contributed by atoms with Gasteiger partial charge in [0.15, 0.2) is 0 Å². The first-order valence-corrected chi connectivity index (χ1v) is 16.4. The van der Waals surface area contributed by atoms with Crippen LogP contribution in [-0.4, -0.2) is 0 Å². The van der Waals surface area contributed by atoms with Crippen LogP contribution in [0.4, 0.5) is 0 Å². The molecule has 6 heteroatoms. The Bertz CT molecular complexity index is 37.1. The summed E-state index contributed by atoms with van der Waals surface area (Å²) < 4.78 is 0. The molecule has 0 nitrogen and oxygen atoms in total. The number of halogens is 5. The molecule has 0 saturated heterocycles. The molecule has 0 rings (SSSR count). The van der Waals surface area contributed by atoms with Crippen molar-refractivity contribution in [1.82, 2.24) is 0 Å². The maximum atomic E-state index is 5.04. The third-order valence-corrected chi connectivity index (χ3v) is 0. The van der Waals surface area contributed by atoms with Crippen molar-refractivity contribution < 1.29 is 8.83 Å². The van der Waals surface area contributed by atoms with Crippen molar-refractivity contribution in [3.63, 3.8) is 0 Å². The van der Waals surface area contributed by atoms with Gasteiger partial charge in [0.2, 0.25) is 0 Å². The Morgan fingerprint density at radius 2 is 0.667 bits per heavy atom. The molecule has 0 aromatic heterocycles. The quantitative estimate of drug-likeness (QED) is 0.615. The van der Waals surface area contributed by atoms with Gasteiger partial charge in [0.1, 0.15) is 0 Å². The van der Waals surface area contributed by atoms with E-state index in [0.29, 0.717) is 0 Å². The molecule has 0 unspecified atom stereocenters. The van der Waals surface area contributed by atoms with Crippen molar-refractivity contribution in [2.45, 2.75) is 0 Å². The Morgan fingerprint density at radius 1 is 0.667 bits per heavy atom. The van der Waals surface area contributed by atoms with Gasteiger partial charge in [-0.3, -0.25) is 0 Å². The molecule has 0 aliphatic rings. The fraction of sp³-hybridized carbons (Fsp3) is 0. The normalized spacial score (nSPS) is 19.2. The molecular formula is Cl5Os. The van der Waals surface area contributed by atoms with E-state index in [2.05, 4.69) is 0 Å². The van der Waals surface area contributed by atoms with Gasteiger partial charge >= 0.3 is 57.0 Å². The third-order valence-electron chi connectivity index (χ3n) is 0. The minimum absolute atomic E-state index is 4.29. The Hall–Kier alpha value is 2.09. The standard InChI is InChI=1S/5ClH.Os/h5*1H;/q;;;;;+5/p-5. The van der Waals surface area contributed by atoms with Gasteiger partial charge in [-0.15, -0.1) is 0 Å². The summed E-state index contributed by atoms with van der Waals surface area (Å²) in [5.74, 6) is 0. The van der Waals surface area contributed by atoms with Crippen LogP contribution in [0, 0.1) is 0 Å². The van der Waals surface area contributed by atoms with E-state index in [1.807, 2.05) is 0 Å². The van der Waals surface area contributed by atoms with Crippen molar-refractivity contribution in [3.05, 3.63) is 0 Å². The monoisotopic (exact) mass is 367 g/mol. The summed E-state index contributed by atoms with van der Waals surface area (Å²) in [4.78, 5) is 0. The Labute approximate surface area is 56.5 Å². The summed E-state index contributed by atoms with van der Waals surface area (Å²) in [5.41, 5.74) is 0. The molecule has 0 N–H and O–H groups in total. The van der Waals surface area contributed by atoms with Crippen molar-refractivity contribution >= 4 is 48.2 Å². The molecule has 0 spiro atoms. The number of hydrogen-bond acceptors (Lipinski definition) is 0. The van der Waals surface area contributed by atoms with Crippen molar-refractivity contribution in [2.75, 3.05) is 0 Å². The average Bonchev–Trinajstić information content (AvgIpc) is 0.650. The molecule has 0 atom stereocenters. The molecule has 0 radical (unpaired) electrons. The second kappa shape index (κ2) is 1.80. The van der Waals surface area contributed by atoms with Crippen LogP contribution in [0.5, 0.6) is 0 Å². The van der Waals surface area contributed by atoms with E-state index in [1.165, 1.54) is 0 Å². The van der Waals surface area contributed by atoms with Crippen molar-refractivity contribution in [1.29, 1.82) is 0 Å². The number of hydrogen-bond donors (Lipinski definition) is 0. The van der Waals surface area contributed by atoms with Crippen LogP contribution in [-0.2, 0) is 8.83 Å². The van der Waals surface area contributed by atoms with Gasteiger partial charge in [-0.1, -0.05) is 0 Å². The van der Waals surface area contributed by atoms with E-state index in [1.54, 1.807) is 0 Å². The summed E-state index contributed by atoms with van der Waals surface area (Å²) in [7, 11) is 20.9. The SMILES string of the molecule is [Cl][Os]([Cl])([Cl])([Cl])[Cl]. The first-order chi connectivity index (χ1) is 2.24. The average molecular weight is 367 g/mol. The predicted octanol–water partition coefficient (Wildman–Crippen LogP) is 3.44. The van der Waals surface area contributed by atoms with Crippen LogP contribution in [0.2, 0.25) is 0 Å². The van der Waals surface area contributed by atoms with E-state index in [0.717, 1.165) is 0 Å². The maximum absolute atomic E-state index is 5.04. The van der Waals surface area contributed by atoms with Gasteiger partial charge in [-0.2, -0.15) is 0 Å². The Balaban J connectivity index is 3.73. The van der Waals surface area contributed by atoms with Crippen molar-refractivity contribution in [3.8, 4) is 0 Å². The predicted molar refractivity (Wildman–Crippen MR) is 29.3 cm³/mol. The zero-order chi connectivity index (χ0) is 5.45. The molecule has 43 valence electrons. The molecule has 0 fully saturated rings. The van der Waals surface area contributed by atoms with E-state index in [4.69, 9.17) is 48.2 Å². The Morgan fingerprint density at radius 3 is 0.667 bits per heavy atom. The van der Waals surface area contributed by atoms with Crippen LogP contribution in [0.15, 0.2) is 0 Å². The first kappa shape index (κ1) is 8.09. The zero-order valence-electron chi connectivity index (χ0n) is 2.24. The van der Waals surface area contributed by atoms with E-state index in [-0.39, 0.29) is 0 Å². The third kappa shape index (κ3) is 36.2. The molecule has 0 aliphatic carbocycles. The minimum atomic E-state index is -4.29. The van der Waals surface area contributed by atoms with E-state index in [9.17, 15) is 0 Å². The first-order valence-electron chi connectivity index (χ1n) is 0.668. The van der Waals surface area contributed by atoms with Gasteiger partial charge in [0.05, 0.1) is 0 Å². The molecule has 0 aliphatic heterocycles. The second-order valence-corrected chi connectivity index (χ2v) is 37.2. The molecule has 6 heavy (non-hydrogen) atoms. The molecule has 0 heterocycles. The van der Waals surface area contributed by atoms with Gasteiger partial charge < -0.3 is 0 Å². The summed E-state index contributed by atoms with van der Waals surface area (Å²) in [6, 6.07) is 0. The summed E-state index contributed by atoms with van der Waals surface area (Å²) >= 11 is 0. The van der Waals surface area contributed by atoms with Gasteiger partial charge in [-0.05, 0) is 0 Å². The summed E-state index contributed by atoms with van der Waals surface area (Å²) in [6.07, 6.45) is 0.